The van der Waals surface area contributed by atoms with E-state index in [1.54, 1.807) is 48.5 Å². The number of carbonyl (C=O) groups is 2. The Morgan fingerprint density at radius 3 is 2.21 bits per heavy atom. The van der Waals surface area contributed by atoms with Crippen molar-refractivity contribution in [3.63, 3.8) is 0 Å². The van der Waals surface area contributed by atoms with Crippen molar-refractivity contribution in [2.24, 2.45) is 0 Å². The maximum atomic E-state index is 13.1. The minimum atomic E-state index is -0.898. The van der Waals surface area contributed by atoms with Crippen LogP contribution in [-0.2, 0) is 9.59 Å². The molecule has 0 spiro atoms. The first-order valence-corrected chi connectivity index (χ1v) is 10.3. The highest BCUT2D eigenvalue weighted by molar-refractivity contribution is 6.00. The smallest absolute Gasteiger partial charge is 0.251 e. The number of benzene rings is 3. The van der Waals surface area contributed by atoms with Gasteiger partial charge in [0.05, 0.1) is 0 Å². The highest BCUT2D eigenvalue weighted by Crippen LogP contribution is 2.35. The molecule has 2 heterocycles. The van der Waals surface area contributed by atoms with Crippen molar-refractivity contribution in [3.8, 4) is 23.0 Å². The summed E-state index contributed by atoms with van der Waals surface area (Å²) in [4.78, 5) is 25.8. The lowest BCUT2D eigenvalue weighted by molar-refractivity contribution is -0.123. The fourth-order valence-corrected chi connectivity index (χ4v) is 3.51. The molecule has 8 heteroatoms. The van der Waals surface area contributed by atoms with E-state index in [0.29, 0.717) is 34.2 Å². The Morgan fingerprint density at radius 2 is 1.45 bits per heavy atom. The van der Waals surface area contributed by atoms with Gasteiger partial charge in [0.25, 0.3) is 5.91 Å². The summed E-state index contributed by atoms with van der Waals surface area (Å²) in [7, 11) is 0. The van der Waals surface area contributed by atoms with Gasteiger partial charge in [0.1, 0.15) is 6.04 Å². The molecule has 0 radical (unpaired) electrons. The molecule has 2 aliphatic rings. The van der Waals surface area contributed by atoms with Crippen molar-refractivity contribution in [2.45, 2.75) is 6.04 Å². The minimum Gasteiger partial charge on any atom is -0.454 e. The number of ether oxygens (including phenoxy) is 4. The summed E-state index contributed by atoms with van der Waals surface area (Å²) in [6, 6.07) is 18.6. The second-order valence-corrected chi connectivity index (χ2v) is 7.36. The van der Waals surface area contributed by atoms with Crippen LogP contribution < -0.4 is 29.6 Å². The van der Waals surface area contributed by atoms with Crippen molar-refractivity contribution in [1.82, 2.24) is 5.32 Å². The number of anilines is 1. The van der Waals surface area contributed by atoms with Gasteiger partial charge < -0.3 is 29.6 Å². The monoisotopic (exact) mass is 444 g/mol. The summed E-state index contributed by atoms with van der Waals surface area (Å²) in [5.74, 6) is 1.67. The third kappa shape index (κ3) is 4.59. The number of amides is 2. The van der Waals surface area contributed by atoms with Crippen molar-refractivity contribution in [3.05, 3.63) is 83.9 Å². The Balaban J connectivity index is 1.31. The molecular formula is C25H20N2O6. The molecule has 8 nitrogen and oxygen atoms in total. The zero-order valence-electron chi connectivity index (χ0n) is 17.4. The molecule has 0 saturated carbocycles. The molecule has 5 rings (SSSR count). The molecule has 0 unspecified atom stereocenters. The maximum absolute atomic E-state index is 13.1. The first-order valence-electron chi connectivity index (χ1n) is 10.3. The zero-order chi connectivity index (χ0) is 22.6. The molecule has 2 aliphatic heterocycles. The second-order valence-electron chi connectivity index (χ2n) is 7.36. The van der Waals surface area contributed by atoms with Gasteiger partial charge in [0.2, 0.25) is 19.5 Å². The van der Waals surface area contributed by atoms with Gasteiger partial charge in [-0.1, -0.05) is 36.4 Å². The molecule has 166 valence electrons. The van der Waals surface area contributed by atoms with Crippen molar-refractivity contribution in [1.29, 1.82) is 0 Å². The van der Waals surface area contributed by atoms with Crippen molar-refractivity contribution < 1.29 is 28.5 Å². The van der Waals surface area contributed by atoms with Crippen LogP contribution in [0, 0.1) is 0 Å². The van der Waals surface area contributed by atoms with Gasteiger partial charge >= 0.3 is 0 Å². The van der Waals surface area contributed by atoms with Gasteiger partial charge in [-0.25, -0.2) is 0 Å². The predicted molar refractivity (Wildman–Crippen MR) is 120 cm³/mol. The molecule has 0 aliphatic carbocycles. The predicted octanol–water partition coefficient (Wildman–Crippen LogP) is 3.65. The fourth-order valence-electron chi connectivity index (χ4n) is 3.51. The second kappa shape index (κ2) is 8.96. The maximum Gasteiger partial charge on any atom is 0.251 e. The van der Waals surface area contributed by atoms with E-state index in [0.717, 1.165) is 5.56 Å². The molecule has 0 aromatic heterocycles. The summed E-state index contributed by atoms with van der Waals surface area (Å²) in [5.41, 5.74) is 1.96. The number of fused-ring (bicyclic) bond motifs is 2. The summed E-state index contributed by atoms with van der Waals surface area (Å²) in [6.45, 7) is 0.325. The lowest BCUT2D eigenvalue weighted by atomic mass is 10.1. The average molecular weight is 444 g/mol. The summed E-state index contributed by atoms with van der Waals surface area (Å²) in [5, 5.41) is 5.61. The molecule has 1 atom stereocenters. The number of rotatable bonds is 6. The molecule has 3 aromatic rings. The van der Waals surface area contributed by atoms with Gasteiger partial charge in [-0.15, -0.1) is 0 Å². The molecular weight excluding hydrogens is 424 g/mol. The van der Waals surface area contributed by atoms with E-state index in [1.807, 2.05) is 24.3 Å². The first kappa shape index (κ1) is 20.4. The van der Waals surface area contributed by atoms with E-state index in [2.05, 4.69) is 10.6 Å². The quantitative estimate of drug-likeness (QED) is 0.564. The van der Waals surface area contributed by atoms with Crippen LogP contribution in [0.3, 0.4) is 0 Å². The summed E-state index contributed by atoms with van der Waals surface area (Å²) in [6.07, 6.45) is 3.02. The molecule has 2 N–H and O–H groups in total. The third-order valence-electron chi connectivity index (χ3n) is 5.15. The minimum absolute atomic E-state index is 0.144. The van der Waals surface area contributed by atoms with Crippen LogP contribution in [0.4, 0.5) is 5.69 Å². The SMILES string of the molecule is O=C(/C=C\c1ccc2c(c1)OCO2)N[C@H](C(=O)Nc1ccc2c(c1)OCO2)c1ccccc1. The largest absolute Gasteiger partial charge is 0.454 e. The van der Waals surface area contributed by atoms with E-state index >= 15 is 0 Å². The van der Waals surface area contributed by atoms with E-state index in [1.165, 1.54) is 6.08 Å². The standard InChI is InChI=1S/C25H20N2O6/c28-23(11-7-16-6-9-19-21(12-16)32-14-30-19)27-24(17-4-2-1-3-5-17)25(29)26-18-8-10-20-22(13-18)33-15-31-20/h1-13,24H,14-15H2,(H,26,29)(H,27,28)/b11-7-/t24-/m0/s1. The van der Waals surface area contributed by atoms with Gasteiger partial charge in [0.15, 0.2) is 23.0 Å². The normalized spacial score (nSPS) is 14.2. The number of nitrogens with one attached hydrogen (secondary N) is 2. The highest BCUT2D eigenvalue weighted by atomic mass is 16.7. The van der Waals surface area contributed by atoms with Crippen molar-refractivity contribution in [2.75, 3.05) is 18.9 Å². The van der Waals surface area contributed by atoms with E-state index in [9.17, 15) is 9.59 Å². The molecule has 33 heavy (non-hydrogen) atoms. The number of carbonyl (C=O) groups excluding carboxylic acids is 2. The molecule has 2 amide bonds. The van der Waals surface area contributed by atoms with Gasteiger partial charge in [0, 0.05) is 17.8 Å². The van der Waals surface area contributed by atoms with Gasteiger partial charge in [-0.2, -0.15) is 0 Å². The highest BCUT2D eigenvalue weighted by Gasteiger charge is 2.23. The van der Waals surface area contributed by atoms with Crippen LogP contribution in [0.2, 0.25) is 0 Å². The lowest BCUT2D eigenvalue weighted by Gasteiger charge is -2.18. The average Bonchev–Trinajstić information content (AvgIpc) is 3.50. The van der Waals surface area contributed by atoms with Gasteiger partial charge in [-0.05, 0) is 41.5 Å². The Morgan fingerprint density at radius 1 is 0.788 bits per heavy atom. The van der Waals surface area contributed by atoms with Crippen LogP contribution in [0.1, 0.15) is 17.2 Å². The van der Waals surface area contributed by atoms with E-state index < -0.39 is 11.9 Å². The zero-order valence-corrected chi connectivity index (χ0v) is 17.4. The number of hydrogen-bond donors (Lipinski definition) is 2. The van der Waals surface area contributed by atoms with E-state index in [4.69, 9.17) is 18.9 Å². The lowest BCUT2D eigenvalue weighted by Crippen LogP contribution is -2.36. The molecule has 0 saturated heterocycles. The first-order chi connectivity index (χ1) is 16.2. The van der Waals surface area contributed by atoms with Crippen molar-refractivity contribution >= 4 is 23.6 Å². The summed E-state index contributed by atoms with van der Waals surface area (Å²) < 4.78 is 21.3. The third-order valence-corrected chi connectivity index (χ3v) is 5.15. The summed E-state index contributed by atoms with van der Waals surface area (Å²) >= 11 is 0. The van der Waals surface area contributed by atoms with Crippen LogP contribution >= 0.6 is 0 Å². The molecule has 0 fully saturated rings. The van der Waals surface area contributed by atoms with E-state index in [-0.39, 0.29) is 19.5 Å². The van der Waals surface area contributed by atoms with Crippen LogP contribution in [0.5, 0.6) is 23.0 Å². The fraction of sp³-hybridized carbons (Fsp3) is 0.120. The van der Waals surface area contributed by atoms with Crippen LogP contribution in [0.25, 0.3) is 6.08 Å². The number of hydrogen-bond acceptors (Lipinski definition) is 6. The Hall–Kier alpha value is -4.46. The molecule has 0 bridgehead atoms. The topological polar surface area (TPSA) is 95.1 Å². The molecule has 3 aromatic carbocycles. The van der Waals surface area contributed by atoms with Crippen LogP contribution in [-0.4, -0.2) is 25.4 Å². The Kier molecular flexibility index (Phi) is 5.55. The Labute approximate surface area is 189 Å². The van der Waals surface area contributed by atoms with Gasteiger partial charge in [-0.3, -0.25) is 9.59 Å². The van der Waals surface area contributed by atoms with Crippen LogP contribution in [0.15, 0.2) is 72.8 Å². The Bertz CT molecular complexity index is 1220.